The number of aliphatic hydroxyl groups excluding tert-OH is 1. The van der Waals surface area contributed by atoms with Gasteiger partial charge < -0.3 is 20.2 Å². The van der Waals surface area contributed by atoms with Gasteiger partial charge in [-0.05, 0) is 68.8 Å². The van der Waals surface area contributed by atoms with Crippen LogP contribution in [-0.4, -0.2) is 54.1 Å². The molecular weight excluding hydrogens is 516 g/mol. The predicted molar refractivity (Wildman–Crippen MR) is 161 cm³/mol. The number of benzene rings is 2. The normalized spacial score (nSPS) is 15.7. The molecule has 0 bridgehead atoms. The van der Waals surface area contributed by atoms with Crippen LogP contribution in [-0.2, 0) is 0 Å². The molecule has 4 heterocycles. The number of aryl methyl sites for hydroxylation is 1. The number of hydrogen-bond donors (Lipinski definition) is 2. The summed E-state index contributed by atoms with van der Waals surface area (Å²) in [6.45, 7) is 9.45. The average Bonchev–Trinajstić information content (AvgIpc) is 2.95. The Balaban J connectivity index is 0.00000165. The Labute approximate surface area is 239 Å². The van der Waals surface area contributed by atoms with E-state index in [-0.39, 0.29) is 17.0 Å². The minimum atomic E-state index is -0.182. The summed E-state index contributed by atoms with van der Waals surface area (Å²) in [6, 6.07) is 19.2. The van der Waals surface area contributed by atoms with Crippen LogP contribution in [0.25, 0.3) is 5.65 Å². The molecule has 4 aromatic rings. The minimum Gasteiger partial charge on any atom is -0.400 e. The van der Waals surface area contributed by atoms with Gasteiger partial charge >= 0.3 is 0 Å². The van der Waals surface area contributed by atoms with Crippen LogP contribution in [0.4, 0.5) is 17.2 Å². The second-order valence-corrected chi connectivity index (χ2v) is 11.0. The molecule has 6 rings (SSSR count). The quantitative estimate of drug-likeness (QED) is 0.345. The van der Waals surface area contributed by atoms with E-state index in [1.807, 2.05) is 69.4 Å². The number of rotatable bonds is 6. The molecule has 2 saturated heterocycles. The topological polar surface area (TPSA) is 114 Å². The molecule has 1 atom stereocenters. The highest BCUT2D eigenvalue weighted by atomic mass is 16.2. The molecule has 2 N–H and O–H groups in total. The molecule has 0 aliphatic carbocycles. The Hall–Kier alpha value is -4.68. The van der Waals surface area contributed by atoms with Crippen LogP contribution in [0.5, 0.6) is 0 Å². The number of carbonyl (C=O) groups is 1. The summed E-state index contributed by atoms with van der Waals surface area (Å²) in [5, 5.41) is 19.5. The van der Waals surface area contributed by atoms with E-state index in [0.717, 1.165) is 67.9 Å². The van der Waals surface area contributed by atoms with Crippen molar-refractivity contribution in [2.24, 2.45) is 5.41 Å². The zero-order valence-electron chi connectivity index (χ0n) is 23.8. The van der Waals surface area contributed by atoms with E-state index >= 15 is 0 Å². The Morgan fingerprint density at radius 1 is 1.05 bits per heavy atom. The van der Waals surface area contributed by atoms with Gasteiger partial charge in [0.15, 0.2) is 6.29 Å². The Morgan fingerprint density at radius 2 is 1.71 bits per heavy atom. The fourth-order valence-electron chi connectivity index (χ4n) is 5.96. The molecule has 0 amide bonds. The summed E-state index contributed by atoms with van der Waals surface area (Å²) in [7, 11) is 1.00. The van der Waals surface area contributed by atoms with E-state index in [4.69, 9.17) is 15.4 Å². The third kappa shape index (κ3) is 5.03. The van der Waals surface area contributed by atoms with Crippen LogP contribution in [0, 0.1) is 30.6 Å². The fraction of sp³-hybridized carbons (Fsp3) is 0.312. The monoisotopic (exact) mass is 550 g/mol. The second kappa shape index (κ2) is 11.1. The molecule has 2 aliphatic rings. The lowest BCUT2D eigenvalue weighted by atomic mass is 9.72. The number of para-hydroxylation sites is 1. The van der Waals surface area contributed by atoms with Gasteiger partial charge in [0.05, 0.1) is 23.2 Å². The van der Waals surface area contributed by atoms with E-state index in [1.165, 1.54) is 0 Å². The van der Waals surface area contributed by atoms with Crippen molar-refractivity contribution < 1.29 is 9.90 Å². The number of pyridine rings is 1. The average molecular weight is 551 g/mol. The van der Waals surface area contributed by atoms with Gasteiger partial charge in [0.2, 0.25) is 0 Å². The molecule has 0 radical (unpaired) electrons. The number of nitriles is 1. The third-order valence-electron chi connectivity index (χ3n) is 7.98. The number of aromatic nitrogens is 2. The molecular formula is C32H34N6O3. The first-order chi connectivity index (χ1) is 19.8. The molecule has 2 aromatic heterocycles. The van der Waals surface area contributed by atoms with Gasteiger partial charge in [-0.1, -0.05) is 12.1 Å². The number of hydrogen-bond acceptors (Lipinski definition) is 8. The van der Waals surface area contributed by atoms with E-state index in [2.05, 4.69) is 27.3 Å². The number of nitrogens with one attached hydrogen (secondary N) is 1. The Kier molecular flexibility index (Phi) is 7.52. The SMILES string of the molecule is CO.Cc1cc(C(C)Nc2ccccc2C=O)c2nc(N3CC4(CN(c5ccc(C#N)cc5)C4)C3)c(C)c(=O)n2c1. The smallest absolute Gasteiger partial charge is 0.262 e. The lowest BCUT2D eigenvalue weighted by Crippen LogP contribution is -2.72. The van der Waals surface area contributed by atoms with Gasteiger partial charge in [0.25, 0.3) is 5.56 Å². The van der Waals surface area contributed by atoms with Crippen molar-refractivity contribution in [1.82, 2.24) is 9.38 Å². The number of fused-ring (bicyclic) bond motifs is 1. The number of anilines is 3. The van der Waals surface area contributed by atoms with Gasteiger partial charge in [-0.25, -0.2) is 4.98 Å². The maximum atomic E-state index is 13.5. The summed E-state index contributed by atoms with van der Waals surface area (Å²) in [6.07, 6.45) is 2.69. The van der Waals surface area contributed by atoms with Crippen molar-refractivity contribution >= 4 is 29.1 Å². The highest BCUT2D eigenvalue weighted by Crippen LogP contribution is 2.44. The molecule has 2 fully saturated rings. The van der Waals surface area contributed by atoms with Crippen molar-refractivity contribution in [2.75, 3.05) is 48.4 Å². The summed E-state index contributed by atoms with van der Waals surface area (Å²) >= 11 is 0. The maximum absolute atomic E-state index is 13.5. The first-order valence-corrected chi connectivity index (χ1v) is 13.6. The van der Waals surface area contributed by atoms with Crippen LogP contribution < -0.4 is 20.7 Å². The number of nitrogens with zero attached hydrogens (tertiary/aromatic N) is 5. The van der Waals surface area contributed by atoms with Crippen molar-refractivity contribution in [3.05, 3.63) is 99.0 Å². The Morgan fingerprint density at radius 3 is 2.37 bits per heavy atom. The highest BCUT2D eigenvalue weighted by molar-refractivity contribution is 5.84. The zero-order valence-corrected chi connectivity index (χ0v) is 23.8. The molecule has 1 unspecified atom stereocenters. The molecule has 41 heavy (non-hydrogen) atoms. The van der Waals surface area contributed by atoms with Crippen LogP contribution in [0.2, 0.25) is 0 Å². The summed E-state index contributed by atoms with van der Waals surface area (Å²) in [5.74, 6) is 0.744. The molecule has 2 aromatic carbocycles. The molecule has 1 spiro atoms. The van der Waals surface area contributed by atoms with Crippen molar-refractivity contribution in [2.45, 2.75) is 26.8 Å². The molecule has 0 saturated carbocycles. The van der Waals surface area contributed by atoms with Gasteiger partial charge in [0.1, 0.15) is 11.5 Å². The lowest BCUT2D eigenvalue weighted by molar-refractivity contribution is 0.112. The van der Waals surface area contributed by atoms with E-state index in [1.54, 1.807) is 10.5 Å². The van der Waals surface area contributed by atoms with Crippen LogP contribution in [0.15, 0.2) is 65.6 Å². The van der Waals surface area contributed by atoms with E-state index in [9.17, 15) is 9.59 Å². The molecule has 2 aliphatic heterocycles. The molecule has 9 nitrogen and oxygen atoms in total. The van der Waals surface area contributed by atoms with Crippen LogP contribution in [0.1, 0.15) is 45.6 Å². The first kappa shape index (κ1) is 27.9. The zero-order chi connectivity index (χ0) is 29.3. The van der Waals surface area contributed by atoms with Crippen molar-refractivity contribution in [3.8, 4) is 6.07 Å². The van der Waals surface area contributed by atoms with E-state index in [0.29, 0.717) is 22.3 Å². The summed E-state index contributed by atoms with van der Waals surface area (Å²) in [4.78, 5) is 34.7. The fourth-order valence-corrected chi connectivity index (χ4v) is 5.96. The lowest BCUT2D eigenvalue weighted by Gasteiger charge is -2.61. The van der Waals surface area contributed by atoms with Crippen molar-refractivity contribution in [3.63, 3.8) is 0 Å². The summed E-state index contributed by atoms with van der Waals surface area (Å²) < 4.78 is 1.65. The van der Waals surface area contributed by atoms with Gasteiger partial charge in [0, 0.05) is 67.4 Å². The number of carbonyl (C=O) groups excluding carboxylic acids is 1. The predicted octanol–water partition coefficient (Wildman–Crippen LogP) is 4.10. The minimum absolute atomic E-state index is 0.0609. The van der Waals surface area contributed by atoms with E-state index < -0.39 is 0 Å². The van der Waals surface area contributed by atoms with Crippen molar-refractivity contribution in [1.29, 1.82) is 5.26 Å². The van der Waals surface area contributed by atoms with Gasteiger partial charge in [-0.15, -0.1) is 0 Å². The van der Waals surface area contributed by atoms with Crippen LogP contribution >= 0.6 is 0 Å². The third-order valence-corrected chi connectivity index (χ3v) is 7.98. The standard InChI is InChI=1S/C31H30N6O2.CH4O/c1-20-12-26(22(3)33-27-7-5-4-6-24(27)15-38)29-34-28(21(2)30(39)37(29)14-20)36-18-31(19-36)16-35(17-31)25-10-8-23(13-32)9-11-25;1-2/h4-12,14-15,22,33H,16-19H2,1-3H3;2H,1H3. The molecule has 210 valence electrons. The van der Waals surface area contributed by atoms with Gasteiger partial charge in [-0.3, -0.25) is 14.0 Å². The largest absolute Gasteiger partial charge is 0.400 e. The number of aldehydes is 1. The number of aliphatic hydroxyl groups is 1. The first-order valence-electron chi connectivity index (χ1n) is 13.6. The second-order valence-electron chi connectivity index (χ2n) is 11.0. The maximum Gasteiger partial charge on any atom is 0.262 e. The van der Waals surface area contributed by atoms with Gasteiger partial charge in [-0.2, -0.15) is 5.26 Å². The Bertz CT molecular complexity index is 1690. The summed E-state index contributed by atoms with van der Waals surface area (Å²) in [5.41, 5.74) is 6.41. The van der Waals surface area contributed by atoms with Crippen LogP contribution in [0.3, 0.4) is 0 Å². The molecule has 9 heteroatoms. The highest BCUT2D eigenvalue weighted by Gasteiger charge is 2.52.